The summed E-state index contributed by atoms with van der Waals surface area (Å²) in [6.45, 7) is 1.56. The molecule has 26 heavy (non-hydrogen) atoms. The van der Waals surface area contributed by atoms with E-state index in [1.54, 1.807) is 19.1 Å². The number of ketones is 3. The number of Topliss-reactive ketones (excluding diaryl/α,β-unsaturated/α-hetero) is 1. The van der Waals surface area contributed by atoms with Crippen molar-refractivity contribution in [2.24, 2.45) is 5.92 Å². The summed E-state index contributed by atoms with van der Waals surface area (Å²) in [7, 11) is 1.41. The zero-order valence-electron chi connectivity index (χ0n) is 14.1. The third kappa shape index (κ3) is 1.97. The van der Waals surface area contributed by atoms with Crippen LogP contribution in [0.4, 0.5) is 0 Å². The highest BCUT2D eigenvalue weighted by Crippen LogP contribution is 2.41. The minimum atomic E-state index is -1.43. The van der Waals surface area contributed by atoms with Gasteiger partial charge in [-0.25, -0.2) is 0 Å². The Morgan fingerprint density at radius 2 is 1.50 bits per heavy atom. The maximum atomic E-state index is 13.1. The standard InChI is InChI=1S/C20H16O6/c1-8-16(21)10-6-7-11-14(15(10)20(25)17(8)22)19(24)9-4-3-5-12(26-2)13(9)18(11)23/h3-8,16-17,21-22H,1-2H3/t8-,16-,17-/m0/s1. The minimum absolute atomic E-state index is 0.0525. The van der Waals surface area contributed by atoms with Crippen molar-refractivity contribution in [1.82, 2.24) is 0 Å². The van der Waals surface area contributed by atoms with Gasteiger partial charge in [0.2, 0.25) is 0 Å². The van der Waals surface area contributed by atoms with Gasteiger partial charge < -0.3 is 14.9 Å². The van der Waals surface area contributed by atoms with E-state index in [1.807, 2.05) is 0 Å². The molecule has 2 aromatic carbocycles. The van der Waals surface area contributed by atoms with E-state index in [0.29, 0.717) is 0 Å². The molecule has 0 bridgehead atoms. The number of carbonyl (C=O) groups is 3. The van der Waals surface area contributed by atoms with Crippen LogP contribution in [-0.2, 0) is 0 Å². The molecule has 6 nitrogen and oxygen atoms in total. The monoisotopic (exact) mass is 352 g/mol. The molecule has 0 aliphatic heterocycles. The molecule has 0 radical (unpaired) electrons. The molecule has 3 atom stereocenters. The molecule has 2 aliphatic rings. The zero-order chi connectivity index (χ0) is 18.7. The Labute approximate surface area is 149 Å². The number of fused-ring (bicyclic) bond motifs is 4. The van der Waals surface area contributed by atoms with Gasteiger partial charge in [0.1, 0.15) is 11.9 Å². The van der Waals surface area contributed by atoms with Crippen LogP contribution in [0.25, 0.3) is 0 Å². The quantitative estimate of drug-likeness (QED) is 0.691. The van der Waals surface area contributed by atoms with Crippen molar-refractivity contribution >= 4 is 17.3 Å². The van der Waals surface area contributed by atoms with Crippen molar-refractivity contribution in [3.63, 3.8) is 0 Å². The van der Waals surface area contributed by atoms with Gasteiger partial charge in [0, 0.05) is 28.2 Å². The van der Waals surface area contributed by atoms with Gasteiger partial charge in [-0.15, -0.1) is 0 Å². The van der Waals surface area contributed by atoms with E-state index in [4.69, 9.17) is 4.74 Å². The summed E-state index contributed by atoms with van der Waals surface area (Å²) in [5.41, 5.74) is 0.526. The zero-order valence-corrected chi connectivity index (χ0v) is 14.1. The van der Waals surface area contributed by atoms with Gasteiger partial charge in [0.25, 0.3) is 0 Å². The second-order valence-electron chi connectivity index (χ2n) is 6.61. The molecular weight excluding hydrogens is 336 g/mol. The molecule has 2 N–H and O–H groups in total. The lowest BCUT2D eigenvalue weighted by Gasteiger charge is -2.33. The third-order valence-electron chi connectivity index (χ3n) is 5.26. The van der Waals surface area contributed by atoms with Crippen LogP contribution in [-0.4, -0.2) is 40.8 Å². The van der Waals surface area contributed by atoms with E-state index in [-0.39, 0.29) is 39.1 Å². The highest BCUT2D eigenvalue weighted by Gasteiger charge is 2.43. The number of benzene rings is 2. The summed E-state index contributed by atoms with van der Waals surface area (Å²) in [5.74, 6) is -1.99. The Kier molecular flexibility index (Phi) is 3.57. The normalized spacial score (nSPS) is 24.0. The summed E-state index contributed by atoms with van der Waals surface area (Å²) in [5, 5.41) is 20.6. The Hall–Kier alpha value is -2.83. The second kappa shape index (κ2) is 5.59. The average molecular weight is 352 g/mol. The molecule has 4 rings (SSSR count). The molecule has 0 fully saturated rings. The lowest BCUT2D eigenvalue weighted by atomic mass is 9.72. The minimum Gasteiger partial charge on any atom is -0.496 e. The first-order chi connectivity index (χ1) is 12.4. The van der Waals surface area contributed by atoms with E-state index >= 15 is 0 Å². The number of hydrogen-bond acceptors (Lipinski definition) is 6. The van der Waals surface area contributed by atoms with Gasteiger partial charge in [-0.1, -0.05) is 25.1 Å². The number of aliphatic hydroxyl groups is 2. The van der Waals surface area contributed by atoms with Crippen LogP contribution in [0, 0.1) is 5.92 Å². The lowest BCUT2D eigenvalue weighted by Crippen LogP contribution is -2.40. The van der Waals surface area contributed by atoms with Crippen LogP contribution in [0.3, 0.4) is 0 Å². The Balaban J connectivity index is 2.03. The Morgan fingerprint density at radius 3 is 2.19 bits per heavy atom. The molecule has 0 saturated carbocycles. The van der Waals surface area contributed by atoms with Crippen molar-refractivity contribution in [3.05, 3.63) is 63.7 Å². The molecule has 0 aromatic heterocycles. The van der Waals surface area contributed by atoms with Crippen molar-refractivity contribution < 1.29 is 29.3 Å². The average Bonchev–Trinajstić information content (AvgIpc) is 2.67. The summed E-state index contributed by atoms with van der Waals surface area (Å²) in [4.78, 5) is 38.8. The van der Waals surface area contributed by atoms with Crippen LogP contribution in [0.15, 0.2) is 30.3 Å². The smallest absolute Gasteiger partial charge is 0.198 e. The van der Waals surface area contributed by atoms with Crippen LogP contribution >= 0.6 is 0 Å². The van der Waals surface area contributed by atoms with Gasteiger partial charge in [0.15, 0.2) is 17.3 Å². The van der Waals surface area contributed by atoms with E-state index in [2.05, 4.69) is 0 Å². The summed E-state index contributed by atoms with van der Waals surface area (Å²) < 4.78 is 5.21. The highest BCUT2D eigenvalue weighted by molar-refractivity contribution is 6.32. The van der Waals surface area contributed by atoms with Crippen molar-refractivity contribution in [2.45, 2.75) is 19.1 Å². The van der Waals surface area contributed by atoms with Crippen LogP contribution in [0.5, 0.6) is 5.75 Å². The van der Waals surface area contributed by atoms with E-state index < -0.39 is 35.5 Å². The molecule has 6 heteroatoms. The number of hydrogen-bond donors (Lipinski definition) is 2. The summed E-state index contributed by atoms with van der Waals surface area (Å²) in [6, 6.07) is 7.61. The number of aliphatic hydroxyl groups excluding tert-OH is 2. The summed E-state index contributed by atoms with van der Waals surface area (Å²) in [6.07, 6.45) is -2.53. The second-order valence-corrected chi connectivity index (χ2v) is 6.61. The van der Waals surface area contributed by atoms with Gasteiger partial charge in [-0.05, 0) is 17.7 Å². The fourth-order valence-electron chi connectivity index (χ4n) is 3.79. The Bertz CT molecular complexity index is 990. The van der Waals surface area contributed by atoms with Crippen molar-refractivity contribution in [3.8, 4) is 5.75 Å². The fourth-order valence-corrected chi connectivity index (χ4v) is 3.79. The van der Waals surface area contributed by atoms with E-state index in [1.165, 1.54) is 25.3 Å². The predicted molar refractivity (Wildman–Crippen MR) is 90.8 cm³/mol. The lowest BCUT2D eigenvalue weighted by molar-refractivity contribution is 0.0131. The Morgan fingerprint density at radius 1 is 0.846 bits per heavy atom. The maximum Gasteiger partial charge on any atom is 0.198 e. The van der Waals surface area contributed by atoms with Crippen LogP contribution in [0.2, 0.25) is 0 Å². The van der Waals surface area contributed by atoms with Crippen molar-refractivity contribution in [2.75, 3.05) is 7.11 Å². The SMILES string of the molecule is COc1cccc2c1C(=O)c1ccc3c(c1C2=O)C(=O)[C@@H](O)[C@@H](C)[C@@H]3O. The molecule has 0 heterocycles. The molecule has 132 valence electrons. The first kappa shape index (κ1) is 16.6. The van der Waals surface area contributed by atoms with Gasteiger partial charge in [0.05, 0.1) is 18.8 Å². The molecule has 0 amide bonds. The first-order valence-corrected chi connectivity index (χ1v) is 8.22. The number of ether oxygens (including phenoxy) is 1. The predicted octanol–water partition coefficient (Wildman–Crippen LogP) is 1.70. The number of rotatable bonds is 1. The topological polar surface area (TPSA) is 101 Å². The van der Waals surface area contributed by atoms with Gasteiger partial charge >= 0.3 is 0 Å². The molecular formula is C20H16O6. The van der Waals surface area contributed by atoms with Crippen molar-refractivity contribution in [1.29, 1.82) is 0 Å². The van der Waals surface area contributed by atoms with E-state index in [9.17, 15) is 24.6 Å². The van der Waals surface area contributed by atoms with Crippen LogP contribution < -0.4 is 4.74 Å². The maximum absolute atomic E-state index is 13.1. The first-order valence-electron chi connectivity index (χ1n) is 8.22. The molecule has 0 spiro atoms. The van der Waals surface area contributed by atoms with Gasteiger partial charge in [-0.3, -0.25) is 14.4 Å². The summed E-state index contributed by atoms with van der Waals surface area (Å²) >= 11 is 0. The van der Waals surface area contributed by atoms with Crippen LogP contribution in [0.1, 0.15) is 60.8 Å². The molecule has 2 aromatic rings. The molecule has 0 unspecified atom stereocenters. The van der Waals surface area contributed by atoms with Gasteiger partial charge in [-0.2, -0.15) is 0 Å². The number of carbonyl (C=O) groups excluding carboxylic acids is 3. The molecule has 2 aliphatic carbocycles. The third-order valence-corrected chi connectivity index (χ3v) is 5.26. The fraction of sp³-hybridized carbons (Fsp3) is 0.250. The van der Waals surface area contributed by atoms with E-state index in [0.717, 1.165) is 0 Å². The highest BCUT2D eigenvalue weighted by atomic mass is 16.5. The molecule has 0 saturated heterocycles. The number of methoxy groups -OCH3 is 1. The largest absolute Gasteiger partial charge is 0.496 e.